The molecule has 2 unspecified atom stereocenters. The van der Waals surface area contributed by atoms with E-state index in [-0.39, 0.29) is 5.54 Å². The fourth-order valence-corrected chi connectivity index (χ4v) is 3.46. The molecule has 3 heteroatoms. The minimum Gasteiger partial charge on any atom is -0.369 e. The van der Waals surface area contributed by atoms with Gasteiger partial charge in [-0.25, -0.2) is 0 Å². The Morgan fingerprint density at radius 3 is 2.76 bits per heavy atom. The van der Waals surface area contributed by atoms with Crippen LogP contribution in [0.25, 0.3) is 0 Å². The lowest BCUT2D eigenvalue weighted by molar-refractivity contribution is 0.415. The van der Waals surface area contributed by atoms with Crippen molar-refractivity contribution in [1.82, 2.24) is 5.32 Å². The summed E-state index contributed by atoms with van der Waals surface area (Å²) in [6.07, 6.45) is 4.04. The largest absolute Gasteiger partial charge is 0.369 e. The van der Waals surface area contributed by atoms with Crippen LogP contribution < -0.4 is 10.2 Å². The van der Waals surface area contributed by atoms with Gasteiger partial charge in [0.1, 0.15) is 5.54 Å². The molecule has 0 aliphatic heterocycles. The molecule has 0 radical (unpaired) electrons. The van der Waals surface area contributed by atoms with Crippen molar-refractivity contribution in [3.8, 4) is 6.07 Å². The molecule has 0 saturated heterocycles. The minimum atomic E-state index is -0.323. The minimum absolute atomic E-state index is 0.323. The van der Waals surface area contributed by atoms with E-state index in [9.17, 15) is 5.26 Å². The molecule has 1 aromatic carbocycles. The van der Waals surface area contributed by atoms with Gasteiger partial charge in [0.15, 0.2) is 0 Å². The van der Waals surface area contributed by atoms with Crippen molar-refractivity contribution in [1.29, 1.82) is 5.26 Å². The van der Waals surface area contributed by atoms with Crippen molar-refractivity contribution in [3.05, 3.63) is 29.8 Å². The van der Waals surface area contributed by atoms with Crippen LogP contribution in [-0.2, 0) is 0 Å². The first-order chi connectivity index (χ1) is 10.2. The lowest BCUT2D eigenvalue weighted by Crippen LogP contribution is -2.44. The van der Waals surface area contributed by atoms with E-state index in [1.165, 1.54) is 11.3 Å². The molecule has 1 aliphatic rings. The quantitative estimate of drug-likeness (QED) is 0.867. The van der Waals surface area contributed by atoms with Crippen molar-refractivity contribution < 1.29 is 0 Å². The van der Waals surface area contributed by atoms with E-state index in [1.807, 2.05) is 0 Å². The average molecular weight is 285 g/mol. The number of para-hydroxylation sites is 1. The third-order valence-electron chi connectivity index (χ3n) is 4.62. The highest BCUT2D eigenvalue weighted by molar-refractivity contribution is 5.54. The van der Waals surface area contributed by atoms with Crippen LogP contribution in [0.3, 0.4) is 0 Å². The molecule has 21 heavy (non-hydrogen) atoms. The first-order valence-electron chi connectivity index (χ1n) is 8.14. The Bertz CT molecular complexity index is 505. The van der Waals surface area contributed by atoms with Gasteiger partial charge in [-0.1, -0.05) is 25.1 Å². The molecule has 1 N–H and O–H groups in total. The molecule has 1 aliphatic carbocycles. The van der Waals surface area contributed by atoms with Gasteiger partial charge in [0, 0.05) is 18.3 Å². The van der Waals surface area contributed by atoms with Crippen molar-refractivity contribution in [2.75, 3.05) is 18.0 Å². The van der Waals surface area contributed by atoms with Crippen molar-refractivity contribution in [2.45, 2.75) is 58.0 Å². The van der Waals surface area contributed by atoms with Crippen LogP contribution in [0.2, 0.25) is 0 Å². The maximum Gasteiger partial charge on any atom is 0.108 e. The molecule has 1 saturated carbocycles. The lowest BCUT2D eigenvalue weighted by atomic mass is 9.98. The number of hydrogen-bond acceptors (Lipinski definition) is 3. The number of hydrogen-bond donors (Lipinski definition) is 1. The summed E-state index contributed by atoms with van der Waals surface area (Å²) in [7, 11) is 0. The van der Waals surface area contributed by atoms with Crippen LogP contribution in [0.15, 0.2) is 24.3 Å². The highest BCUT2D eigenvalue weighted by atomic mass is 15.2. The summed E-state index contributed by atoms with van der Waals surface area (Å²) in [4.78, 5) is 2.47. The molecule has 114 valence electrons. The highest BCUT2D eigenvalue weighted by Crippen LogP contribution is 2.35. The van der Waals surface area contributed by atoms with Crippen LogP contribution in [0, 0.1) is 18.3 Å². The number of aryl methyl sites for hydroxylation is 1. The summed E-state index contributed by atoms with van der Waals surface area (Å²) in [5.74, 6) is 0. The molecular weight excluding hydrogens is 258 g/mol. The number of anilines is 1. The maximum atomic E-state index is 9.61. The van der Waals surface area contributed by atoms with Gasteiger partial charge in [-0.15, -0.1) is 0 Å². The Balaban J connectivity index is 2.15. The summed E-state index contributed by atoms with van der Waals surface area (Å²) in [6, 6.07) is 11.6. The zero-order valence-electron chi connectivity index (χ0n) is 13.5. The molecule has 2 atom stereocenters. The summed E-state index contributed by atoms with van der Waals surface area (Å²) >= 11 is 0. The fraction of sp³-hybridized carbons (Fsp3) is 0.611. The molecular formula is C18H27N3. The van der Waals surface area contributed by atoms with Gasteiger partial charge in [0.05, 0.1) is 6.07 Å². The number of rotatable bonds is 6. The summed E-state index contributed by atoms with van der Waals surface area (Å²) in [6.45, 7) is 8.44. The zero-order chi connectivity index (χ0) is 15.3. The standard InChI is InChI=1S/C18H27N3/c1-4-12-20-18(14-19)11-10-16(13-18)21(5-2)17-9-7-6-8-15(17)3/h6-9,16,20H,4-5,10-13H2,1-3H3. The molecule has 2 rings (SSSR count). The summed E-state index contributed by atoms with van der Waals surface area (Å²) < 4.78 is 0. The number of benzene rings is 1. The van der Waals surface area contributed by atoms with E-state index in [2.05, 4.69) is 61.3 Å². The van der Waals surface area contributed by atoms with Crippen LogP contribution in [0.4, 0.5) is 5.69 Å². The SMILES string of the molecule is CCCNC1(C#N)CCC(N(CC)c2ccccc2C)C1. The van der Waals surface area contributed by atoms with E-state index in [0.29, 0.717) is 6.04 Å². The van der Waals surface area contributed by atoms with Gasteiger partial charge in [0.2, 0.25) is 0 Å². The van der Waals surface area contributed by atoms with Gasteiger partial charge in [-0.2, -0.15) is 5.26 Å². The summed E-state index contributed by atoms with van der Waals surface area (Å²) in [5, 5.41) is 13.1. The van der Waals surface area contributed by atoms with E-state index in [1.54, 1.807) is 0 Å². The highest BCUT2D eigenvalue weighted by Gasteiger charge is 2.41. The fourth-order valence-electron chi connectivity index (χ4n) is 3.46. The third kappa shape index (κ3) is 3.39. The molecule has 0 aromatic heterocycles. The molecule has 0 heterocycles. The van der Waals surface area contributed by atoms with E-state index < -0.39 is 0 Å². The van der Waals surface area contributed by atoms with E-state index in [4.69, 9.17) is 0 Å². The second-order valence-corrected chi connectivity index (χ2v) is 6.09. The molecule has 0 amide bonds. The lowest BCUT2D eigenvalue weighted by Gasteiger charge is -2.32. The number of nitrogens with one attached hydrogen (secondary N) is 1. The predicted molar refractivity (Wildman–Crippen MR) is 88.5 cm³/mol. The van der Waals surface area contributed by atoms with Crippen LogP contribution in [0.1, 0.15) is 45.1 Å². The predicted octanol–water partition coefficient (Wildman–Crippen LogP) is 3.64. The maximum absolute atomic E-state index is 9.61. The summed E-state index contributed by atoms with van der Waals surface area (Å²) in [5.41, 5.74) is 2.31. The molecule has 0 spiro atoms. The Hall–Kier alpha value is -1.53. The van der Waals surface area contributed by atoms with Crippen molar-refractivity contribution in [2.24, 2.45) is 0 Å². The number of nitrogens with zero attached hydrogens (tertiary/aromatic N) is 2. The normalized spacial score (nSPS) is 24.8. The number of nitriles is 1. The van der Waals surface area contributed by atoms with Gasteiger partial charge < -0.3 is 4.90 Å². The Kier molecular flexibility index (Phi) is 5.25. The molecule has 0 bridgehead atoms. The topological polar surface area (TPSA) is 39.1 Å². The first kappa shape index (κ1) is 15.9. The van der Waals surface area contributed by atoms with Crippen LogP contribution >= 0.6 is 0 Å². The molecule has 1 fully saturated rings. The Morgan fingerprint density at radius 2 is 2.14 bits per heavy atom. The van der Waals surface area contributed by atoms with Crippen LogP contribution in [-0.4, -0.2) is 24.7 Å². The van der Waals surface area contributed by atoms with Crippen molar-refractivity contribution in [3.63, 3.8) is 0 Å². The smallest absolute Gasteiger partial charge is 0.108 e. The molecule has 1 aromatic rings. The Morgan fingerprint density at radius 1 is 1.38 bits per heavy atom. The first-order valence-corrected chi connectivity index (χ1v) is 8.14. The molecule has 3 nitrogen and oxygen atoms in total. The monoisotopic (exact) mass is 285 g/mol. The van der Waals surface area contributed by atoms with Gasteiger partial charge in [-0.3, -0.25) is 5.32 Å². The second kappa shape index (κ2) is 6.95. The van der Waals surface area contributed by atoms with Crippen molar-refractivity contribution >= 4 is 5.69 Å². The van der Waals surface area contributed by atoms with Gasteiger partial charge in [0.25, 0.3) is 0 Å². The second-order valence-electron chi connectivity index (χ2n) is 6.09. The van der Waals surface area contributed by atoms with E-state index in [0.717, 1.165) is 38.8 Å². The Labute approximate surface area is 129 Å². The zero-order valence-corrected chi connectivity index (χ0v) is 13.5. The van der Waals surface area contributed by atoms with Gasteiger partial charge >= 0.3 is 0 Å². The van der Waals surface area contributed by atoms with E-state index >= 15 is 0 Å². The average Bonchev–Trinajstić information content (AvgIpc) is 2.93. The van der Waals surface area contributed by atoms with Gasteiger partial charge in [-0.05, 0) is 57.7 Å². The third-order valence-corrected chi connectivity index (χ3v) is 4.62. The van der Waals surface area contributed by atoms with Crippen LogP contribution in [0.5, 0.6) is 0 Å².